The smallest absolute Gasteiger partial charge is 0.335 e. The first kappa shape index (κ1) is 36.1. The summed E-state index contributed by atoms with van der Waals surface area (Å²) in [6.07, 6.45) is 0.984. The van der Waals surface area contributed by atoms with Crippen molar-refractivity contribution in [1.82, 2.24) is 15.1 Å². The molecular weight excluding hydrogens is 763 g/mol. The number of hydrogen-bond donors (Lipinski definition) is 3. The Morgan fingerprint density at radius 1 is 1.16 bits per heavy atom. The topological polar surface area (TPSA) is 182 Å². The molecule has 1 aromatic heterocycles. The second-order valence-corrected chi connectivity index (χ2v) is 18.1. The Hall–Kier alpha value is -4.98. The van der Waals surface area contributed by atoms with Crippen LogP contribution in [0.3, 0.4) is 0 Å². The largest absolute Gasteiger partial charge is 0.504 e. The number of esters is 2. The highest BCUT2D eigenvalue weighted by Gasteiger charge is 2.72. The molecule has 1 spiro atoms. The van der Waals surface area contributed by atoms with Crippen LogP contribution >= 0.6 is 11.8 Å². The third kappa shape index (κ3) is 4.31. The van der Waals surface area contributed by atoms with Crippen molar-refractivity contribution in [3.63, 3.8) is 0 Å². The van der Waals surface area contributed by atoms with E-state index in [9.17, 15) is 15.2 Å². The highest BCUT2D eigenvalue weighted by atomic mass is 32.2. The number of thioether (sulfide) groups is 1. The van der Waals surface area contributed by atoms with Gasteiger partial charge >= 0.3 is 11.9 Å². The highest BCUT2D eigenvalue weighted by molar-refractivity contribution is 7.99. The average molecular weight is 806 g/mol. The van der Waals surface area contributed by atoms with E-state index in [4.69, 9.17) is 33.8 Å². The fraction of sp³-hybridized carbons (Fsp3) is 0.465. The number of methoxy groups -OCH3 is 1. The second-order valence-electron chi connectivity index (χ2n) is 17.0. The van der Waals surface area contributed by atoms with Crippen molar-refractivity contribution in [2.75, 3.05) is 39.4 Å². The Morgan fingerprint density at radius 3 is 2.71 bits per heavy atom. The molecule has 15 heteroatoms. The van der Waals surface area contributed by atoms with Crippen molar-refractivity contribution >= 4 is 34.7 Å². The van der Waals surface area contributed by atoms with Crippen molar-refractivity contribution in [2.45, 2.75) is 86.6 Å². The molecule has 14 nitrogen and oxygen atoms in total. The summed E-state index contributed by atoms with van der Waals surface area (Å²) < 4.78 is 37.6. The zero-order valence-corrected chi connectivity index (χ0v) is 33.6. The molecule has 8 atom stereocenters. The number of aromatic hydroxyl groups is 1. The summed E-state index contributed by atoms with van der Waals surface area (Å²) in [5.74, 6) is 1.33. The highest BCUT2D eigenvalue weighted by Crippen LogP contribution is 2.71. The number of phenolic OH excluding ortho intramolecular Hbond substituents is 1. The molecule has 2 unspecified atom stereocenters. The number of nitrogens with two attached hydrogens (primary N) is 1. The fourth-order valence-electron chi connectivity index (χ4n) is 11.9. The fourth-order valence-corrected chi connectivity index (χ4v) is 13.5. The predicted octanol–water partition coefficient (Wildman–Crippen LogP) is 4.79. The number of nitrogens with one attached hydrogen (secondary N) is 1. The monoisotopic (exact) mass is 805 g/mol. The number of aryl methyl sites for hydroxylation is 1. The first-order valence-electron chi connectivity index (χ1n) is 19.7. The molecule has 0 radical (unpaired) electrons. The quantitative estimate of drug-likeness (QED) is 0.190. The molecule has 0 saturated carbocycles. The molecule has 3 saturated heterocycles. The number of fused-ring (bicyclic) bond motifs is 11. The zero-order chi connectivity index (χ0) is 40.2. The summed E-state index contributed by atoms with van der Waals surface area (Å²) in [6.45, 7) is 7.71. The first-order chi connectivity index (χ1) is 27.9. The molecule has 3 fully saturated rings. The van der Waals surface area contributed by atoms with Gasteiger partial charge in [0.25, 0.3) is 0 Å². The molecule has 4 bridgehead atoms. The van der Waals surface area contributed by atoms with Crippen LogP contribution in [0.15, 0.2) is 34.7 Å². The Kier molecular flexibility index (Phi) is 7.50. The van der Waals surface area contributed by atoms with Gasteiger partial charge in [-0.05, 0) is 50.5 Å². The molecule has 4 N–H and O–H groups in total. The van der Waals surface area contributed by atoms with E-state index in [0.717, 1.165) is 27.6 Å². The number of nitrogens with zero attached hydrogens (tertiary/aromatic N) is 3. The van der Waals surface area contributed by atoms with Crippen LogP contribution in [-0.2, 0) is 31.8 Å². The molecule has 0 amide bonds. The molecule has 9 heterocycles. The van der Waals surface area contributed by atoms with E-state index in [2.05, 4.69) is 34.2 Å². The van der Waals surface area contributed by atoms with Crippen molar-refractivity contribution in [3.8, 4) is 34.8 Å². The van der Waals surface area contributed by atoms with Crippen LogP contribution in [0.1, 0.15) is 82.3 Å². The SMILES string of the molecule is COc1c(C)cc2c(c1O)C1[C@@H]3[C@@H]4SC[C@]5(N[C@H](CN)Cc6c5oc5ccccc65)C(=O)OC[C@@H](c5c6c(c(C)c(OC(C)=O)c54)OCO6)N3[C@@]3(C#N)CN1C2(C)C3. The molecule has 0 aliphatic carbocycles. The summed E-state index contributed by atoms with van der Waals surface area (Å²) >= 11 is 1.51. The first-order valence-corrected chi connectivity index (χ1v) is 20.8. The molecule has 8 aliphatic rings. The van der Waals surface area contributed by atoms with Crippen molar-refractivity contribution in [1.29, 1.82) is 5.26 Å². The van der Waals surface area contributed by atoms with Crippen LogP contribution in [-0.4, -0.2) is 83.8 Å². The third-order valence-electron chi connectivity index (χ3n) is 14.0. The Bertz CT molecular complexity index is 2570. The van der Waals surface area contributed by atoms with Gasteiger partial charge in [-0.25, -0.2) is 4.79 Å². The summed E-state index contributed by atoms with van der Waals surface area (Å²) in [6, 6.07) is 10.6. The van der Waals surface area contributed by atoms with Gasteiger partial charge in [0, 0.05) is 83.0 Å². The van der Waals surface area contributed by atoms with Gasteiger partial charge in [0.2, 0.25) is 6.79 Å². The Morgan fingerprint density at radius 2 is 1.95 bits per heavy atom. The second kappa shape index (κ2) is 12.0. The average Bonchev–Trinajstić information content (AvgIpc) is 3.96. The summed E-state index contributed by atoms with van der Waals surface area (Å²) in [5, 5.41) is 27.7. The van der Waals surface area contributed by atoms with Crippen molar-refractivity contribution in [2.24, 2.45) is 5.73 Å². The number of carbonyl (C=O) groups excluding carboxylic acids is 2. The minimum Gasteiger partial charge on any atom is -0.504 e. The molecule has 58 heavy (non-hydrogen) atoms. The maximum Gasteiger partial charge on any atom is 0.335 e. The number of carbonyl (C=O) groups is 2. The van der Waals surface area contributed by atoms with E-state index in [-0.39, 0.29) is 37.5 Å². The number of piperazine rings is 1. The lowest BCUT2D eigenvalue weighted by atomic mass is 9.72. The van der Waals surface area contributed by atoms with Crippen LogP contribution in [0.5, 0.6) is 28.7 Å². The van der Waals surface area contributed by atoms with Crippen LogP contribution < -0.4 is 30.0 Å². The molecule has 4 aromatic rings. The number of nitriles is 1. The van der Waals surface area contributed by atoms with E-state index in [0.29, 0.717) is 70.4 Å². The lowest BCUT2D eigenvalue weighted by molar-refractivity contribution is -0.158. The maximum absolute atomic E-state index is 15.1. The van der Waals surface area contributed by atoms with Gasteiger partial charge in [-0.15, -0.1) is 11.8 Å². The van der Waals surface area contributed by atoms with Gasteiger partial charge in [-0.1, -0.05) is 18.2 Å². The van der Waals surface area contributed by atoms with Crippen LogP contribution in [0.4, 0.5) is 0 Å². The number of phenols is 1. The van der Waals surface area contributed by atoms with Gasteiger partial charge in [-0.3, -0.25) is 19.9 Å². The number of rotatable bonds is 3. The molecule has 300 valence electrons. The normalized spacial score (nSPS) is 32.6. The summed E-state index contributed by atoms with van der Waals surface area (Å²) in [7, 11) is 1.56. The van der Waals surface area contributed by atoms with Gasteiger partial charge in [0.05, 0.1) is 30.5 Å². The number of benzene rings is 3. The van der Waals surface area contributed by atoms with Gasteiger partial charge in [-0.2, -0.15) is 5.26 Å². The Balaban J connectivity index is 1.20. The van der Waals surface area contributed by atoms with Gasteiger partial charge < -0.3 is 38.9 Å². The molecule has 8 aliphatic heterocycles. The van der Waals surface area contributed by atoms with Crippen LogP contribution in [0, 0.1) is 25.2 Å². The minimum atomic E-state index is -1.46. The molecular formula is C43H43N5O9S. The van der Waals surface area contributed by atoms with Crippen molar-refractivity contribution < 1.29 is 42.8 Å². The van der Waals surface area contributed by atoms with E-state index in [1.807, 2.05) is 38.1 Å². The lowest BCUT2D eigenvalue weighted by Gasteiger charge is -2.58. The summed E-state index contributed by atoms with van der Waals surface area (Å²) in [4.78, 5) is 32.8. The number of furan rings is 1. The number of ether oxygens (including phenoxy) is 5. The molecule has 3 aromatic carbocycles. The van der Waals surface area contributed by atoms with Gasteiger partial charge in [0.15, 0.2) is 28.5 Å². The zero-order valence-electron chi connectivity index (χ0n) is 32.8. The standard InChI is InChI=1S/C43H43N5O9S/c1-19-10-25-28(33(50)34(19)52-5)31-32-38-30-29(37-36(54-18-55-37)20(2)35(30)56-21(3)49)26(48(32)42(15-45)14-41(25,4)47(31)16-42)13-53-40(51)43(17-58-38)39-24(11-22(12-44)46-43)23-8-6-7-9-27(23)57-39/h6-10,22,26,31-32,38,46,50H,11-14,16-18,44H2,1-5H3/t22-,26-,31?,32+,38+,41?,42-,43+/m0/s1. The van der Waals surface area contributed by atoms with Crippen molar-refractivity contribution in [3.05, 3.63) is 75.0 Å². The van der Waals surface area contributed by atoms with Crippen LogP contribution in [0.2, 0.25) is 0 Å². The lowest BCUT2D eigenvalue weighted by Crippen LogP contribution is -2.67. The van der Waals surface area contributed by atoms with Crippen LogP contribution in [0.25, 0.3) is 11.0 Å². The van der Waals surface area contributed by atoms with E-state index in [1.165, 1.54) is 18.7 Å². The number of para-hydroxylation sites is 1. The predicted molar refractivity (Wildman–Crippen MR) is 210 cm³/mol. The third-order valence-corrected chi connectivity index (χ3v) is 15.5. The van der Waals surface area contributed by atoms with Gasteiger partial charge in [0.1, 0.15) is 29.2 Å². The Labute approximate surface area is 338 Å². The maximum atomic E-state index is 15.1. The molecule has 12 rings (SSSR count). The summed E-state index contributed by atoms with van der Waals surface area (Å²) in [5.41, 5.74) is 9.29. The van der Waals surface area contributed by atoms with E-state index < -0.39 is 51.9 Å². The van der Waals surface area contributed by atoms with E-state index in [1.54, 1.807) is 7.11 Å². The van der Waals surface area contributed by atoms with E-state index >= 15 is 4.79 Å². The number of hydrogen-bond acceptors (Lipinski definition) is 15. The minimum absolute atomic E-state index is 0.0551.